The van der Waals surface area contributed by atoms with Crippen LogP contribution in [0.15, 0.2) is 36.4 Å². The second kappa shape index (κ2) is 11.1. The molecule has 0 saturated carbocycles. The van der Waals surface area contributed by atoms with Gasteiger partial charge in [0.2, 0.25) is 0 Å². The summed E-state index contributed by atoms with van der Waals surface area (Å²) >= 11 is 0. The number of aromatic nitrogens is 1. The van der Waals surface area contributed by atoms with E-state index in [4.69, 9.17) is 5.73 Å². The van der Waals surface area contributed by atoms with Crippen LogP contribution in [0.3, 0.4) is 0 Å². The van der Waals surface area contributed by atoms with Crippen molar-refractivity contribution in [3.8, 4) is 0 Å². The molecule has 2 aromatic rings. The molecule has 9 heteroatoms. The number of carbonyl (C=O) groups is 1. The number of carbonyl (C=O) groups excluding carboxylic acids is 1. The summed E-state index contributed by atoms with van der Waals surface area (Å²) in [7, 11) is 0. The van der Waals surface area contributed by atoms with Gasteiger partial charge in [0.25, 0.3) is 5.91 Å². The zero-order valence-electron chi connectivity index (χ0n) is 17.2. The van der Waals surface area contributed by atoms with Crippen LogP contribution in [-0.2, 0) is 19.4 Å². The number of pyridine rings is 1. The first-order valence-electron chi connectivity index (χ1n) is 10.2. The predicted molar refractivity (Wildman–Crippen MR) is 125 cm³/mol. The summed E-state index contributed by atoms with van der Waals surface area (Å²) in [6.45, 7) is 2.14. The van der Waals surface area contributed by atoms with E-state index in [0.29, 0.717) is 43.7 Å². The van der Waals surface area contributed by atoms with Gasteiger partial charge in [0, 0.05) is 32.1 Å². The van der Waals surface area contributed by atoms with Crippen LogP contribution in [0.4, 0.5) is 5.82 Å². The highest BCUT2D eigenvalue weighted by Gasteiger charge is 2.27. The number of aliphatic hydroxyl groups is 2. The molecular formula is C22H30Cl2N4O3. The fourth-order valence-electron chi connectivity index (χ4n) is 4.23. The Labute approximate surface area is 194 Å². The molecule has 0 spiro atoms. The van der Waals surface area contributed by atoms with Crippen LogP contribution < -0.4 is 16.0 Å². The van der Waals surface area contributed by atoms with Gasteiger partial charge in [0.15, 0.2) is 0 Å². The van der Waals surface area contributed by atoms with Crippen LogP contribution in [0.25, 0.3) is 0 Å². The third-order valence-corrected chi connectivity index (χ3v) is 5.99. The Balaban J connectivity index is 0.00000171. The number of anilines is 1. The lowest BCUT2D eigenvalue weighted by Crippen LogP contribution is -2.45. The lowest BCUT2D eigenvalue weighted by molar-refractivity contribution is 0.0994. The van der Waals surface area contributed by atoms with Crippen molar-refractivity contribution in [3.63, 3.8) is 0 Å². The Morgan fingerprint density at radius 1 is 1.16 bits per heavy atom. The maximum Gasteiger partial charge on any atom is 0.250 e. The van der Waals surface area contributed by atoms with E-state index in [1.165, 1.54) is 11.1 Å². The molecule has 31 heavy (non-hydrogen) atoms. The van der Waals surface area contributed by atoms with Crippen molar-refractivity contribution in [1.82, 2.24) is 10.3 Å². The van der Waals surface area contributed by atoms with Crippen LogP contribution in [0.5, 0.6) is 0 Å². The number of fused-ring (bicyclic) bond motifs is 1. The average Bonchev–Trinajstić information content (AvgIpc) is 2.73. The van der Waals surface area contributed by atoms with E-state index >= 15 is 0 Å². The highest BCUT2D eigenvalue weighted by atomic mass is 35.5. The molecule has 3 heterocycles. The van der Waals surface area contributed by atoms with Crippen molar-refractivity contribution < 1.29 is 15.0 Å². The lowest BCUT2D eigenvalue weighted by Gasteiger charge is -2.32. The maximum atomic E-state index is 11.9. The average molecular weight is 469 g/mol. The quantitative estimate of drug-likeness (QED) is 0.530. The summed E-state index contributed by atoms with van der Waals surface area (Å²) in [6, 6.07) is 11.6. The number of primary amides is 1. The molecule has 5 N–H and O–H groups in total. The topological polar surface area (TPSA) is 112 Å². The van der Waals surface area contributed by atoms with Crippen LogP contribution >= 0.6 is 24.8 Å². The smallest absolute Gasteiger partial charge is 0.250 e. The second-order valence-electron chi connectivity index (χ2n) is 7.98. The van der Waals surface area contributed by atoms with Gasteiger partial charge in [-0.25, -0.2) is 4.98 Å². The third kappa shape index (κ3) is 5.87. The van der Waals surface area contributed by atoms with Gasteiger partial charge in [-0.05, 0) is 42.5 Å². The number of nitrogens with zero attached hydrogens (tertiary/aromatic N) is 2. The van der Waals surface area contributed by atoms with E-state index in [9.17, 15) is 15.0 Å². The number of hydrogen-bond acceptors (Lipinski definition) is 6. The first-order chi connectivity index (χ1) is 14.0. The number of halogens is 2. The molecule has 7 nitrogen and oxygen atoms in total. The Morgan fingerprint density at radius 3 is 2.52 bits per heavy atom. The number of benzene rings is 1. The monoisotopic (exact) mass is 468 g/mol. The molecule has 1 aromatic carbocycles. The molecule has 2 atom stereocenters. The third-order valence-electron chi connectivity index (χ3n) is 5.99. The fourth-order valence-corrected chi connectivity index (χ4v) is 4.23. The van der Waals surface area contributed by atoms with Crippen molar-refractivity contribution in [1.29, 1.82) is 0 Å². The lowest BCUT2D eigenvalue weighted by atomic mass is 9.91. The van der Waals surface area contributed by atoms with E-state index in [0.717, 1.165) is 12.2 Å². The van der Waals surface area contributed by atoms with Gasteiger partial charge in [0.05, 0.1) is 23.5 Å². The molecule has 0 radical (unpaired) electrons. The van der Waals surface area contributed by atoms with Gasteiger partial charge in [-0.15, -0.1) is 24.8 Å². The Kier molecular flexibility index (Phi) is 9.09. The largest absolute Gasteiger partial charge is 0.393 e. The number of hydrogen-bond donors (Lipinski definition) is 4. The molecule has 2 aliphatic rings. The number of nitrogens with two attached hydrogens (primary N) is 1. The molecular weight excluding hydrogens is 439 g/mol. The van der Waals surface area contributed by atoms with Gasteiger partial charge >= 0.3 is 0 Å². The molecule has 1 amide bonds. The first kappa shape index (κ1) is 25.4. The van der Waals surface area contributed by atoms with Crippen LogP contribution in [0.1, 0.15) is 40.0 Å². The van der Waals surface area contributed by atoms with Crippen molar-refractivity contribution in [2.45, 2.75) is 50.5 Å². The summed E-state index contributed by atoms with van der Waals surface area (Å²) < 4.78 is 0. The Bertz CT molecular complexity index is 891. The standard InChI is InChI=1S/C22H28N4O3.2ClH/c23-22(29)17-5-6-21(26-9-7-16(27)8-10-26)25-18(17)12-20(28)19-11-14-3-1-2-4-15(14)13-24-19;;/h1-6,16,19-20,24,27-28H,7-13H2,(H2,23,29);2*1H/t19-,20+;;/m0../s1. The number of aliphatic hydroxyl groups excluding tert-OH is 2. The van der Waals surface area contributed by atoms with E-state index in [1.807, 2.05) is 12.1 Å². The van der Waals surface area contributed by atoms with Crippen LogP contribution in [0, 0.1) is 0 Å². The summed E-state index contributed by atoms with van der Waals surface area (Å²) in [5, 5.41) is 24.0. The van der Waals surface area contributed by atoms with Gasteiger partial charge in [0.1, 0.15) is 5.82 Å². The molecule has 0 bridgehead atoms. The predicted octanol–water partition coefficient (Wildman–Crippen LogP) is 1.60. The summed E-state index contributed by atoms with van der Waals surface area (Å²) in [5.74, 6) is 0.216. The van der Waals surface area contributed by atoms with Crippen LogP contribution in [-0.4, -0.2) is 52.4 Å². The van der Waals surface area contributed by atoms with Gasteiger partial charge < -0.3 is 26.2 Å². The SMILES string of the molecule is Cl.Cl.NC(=O)c1ccc(N2CCC(O)CC2)nc1C[C@@H](O)[C@@H]1Cc2ccccc2CN1. The summed E-state index contributed by atoms with van der Waals surface area (Å²) in [5.41, 5.74) is 8.91. The first-order valence-corrected chi connectivity index (χ1v) is 10.2. The second-order valence-corrected chi connectivity index (χ2v) is 7.98. The molecule has 4 rings (SSSR count). The maximum absolute atomic E-state index is 11.9. The molecule has 170 valence electrons. The van der Waals surface area contributed by atoms with Gasteiger partial charge in [-0.2, -0.15) is 0 Å². The molecule has 0 aliphatic carbocycles. The Morgan fingerprint density at radius 2 is 1.84 bits per heavy atom. The molecule has 1 aromatic heterocycles. The summed E-state index contributed by atoms with van der Waals surface area (Å²) in [4.78, 5) is 18.7. The Hall–Kier alpha value is -1.90. The highest BCUT2D eigenvalue weighted by Crippen LogP contribution is 2.23. The molecule has 1 fully saturated rings. The molecule has 1 saturated heterocycles. The number of rotatable bonds is 5. The molecule has 2 aliphatic heterocycles. The zero-order valence-corrected chi connectivity index (χ0v) is 18.9. The van der Waals surface area contributed by atoms with Gasteiger partial charge in [-0.3, -0.25) is 4.79 Å². The van der Waals surface area contributed by atoms with E-state index in [2.05, 4.69) is 27.3 Å². The number of piperidine rings is 1. The van der Waals surface area contributed by atoms with E-state index in [1.54, 1.807) is 12.1 Å². The normalized spacial score (nSPS) is 19.5. The minimum atomic E-state index is -0.688. The molecule has 0 unspecified atom stereocenters. The van der Waals surface area contributed by atoms with Crippen LogP contribution in [0.2, 0.25) is 0 Å². The zero-order chi connectivity index (χ0) is 20.4. The van der Waals surface area contributed by atoms with Crippen molar-refractivity contribution in [2.24, 2.45) is 5.73 Å². The number of amides is 1. The van der Waals surface area contributed by atoms with Gasteiger partial charge in [-0.1, -0.05) is 24.3 Å². The van der Waals surface area contributed by atoms with Crippen molar-refractivity contribution in [3.05, 3.63) is 58.8 Å². The minimum Gasteiger partial charge on any atom is -0.393 e. The van der Waals surface area contributed by atoms with Crippen molar-refractivity contribution in [2.75, 3.05) is 18.0 Å². The van der Waals surface area contributed by atoms with E-state index in [-0.39, 0.29) is 43.4 Å². The minimum absolute atomic E-state index is 0. The van der Waals surface area contributed by atoms with E-state index < -0.39 is 12.0 Å². The fraction of sp³-hybridized carbons (Fsp3) is 0.455. The number of nitrogens with one attached hydrogen (secondary N) is 1. The highest BCUT2D eigenvalue weighted by molar-refractivity contribution is 5.94. The summed E-state index contributed by atoms with van der Waals surface area (Å²) in [6.07, 6.45) is 1.42. The van der Waals surface area contributed by atoms with Crippen molar-refractivity contribution >= 4 is 36.5 Å².